The van der Waals surface area contributed by atoms with Crippen molar-refractivity contribution in [2.24, 2.45) is 5.73 Å². The fourth-order valence-corrected chi connectivity index (χ4v) is 1.49. The van der Waals surface area contributed by atoms with Gasteiger partial charge < -0.3 is 5.73 Å². The SMILES string of the molecule is [2H]C(C)(N)c1cc2cnn(CC(F)(F)F)c2cn1. The number of nitrogens with zero attached hydrogens (tertiary/aromatic N) is 3. The molecule has 0 aliphatic rings. The van der Waals surface area contributed by atoms with Crippen LogP contribution in [0, 0.1) is 0 Å². The highest BCUT2D eigenvalue weighted by atomic mass is 19.4. The van der Waals surface area contributed by atoms with Crippen LogP contribution in [-0.2, 0) is 6.54 Å². The van der Waals surface area contributed by atoms with Gasteiger partial charge in [-0.25, -0.2) is 0 Å². The van der Waals surface area contributed by atoms with Gasteiger partial charge in [-0.3, -0.25) is 9.67 Å². The lowest BCUT2D eigenvalue weighted by atomic mass is 10.2. The predicted molar refractivity (Wildman–Crippen MR) is 56.2 cm³/mol. The number of aromatic nitrogens is 3. The maximum Gasteiger partial charge on any atom is 0.408 e. The molecular weight excluding hydrogens is 233 g/mol. The van der Waals surface area contributed by atoms with Crippen LogP contribution in [0.25, 0.3) is 10.9 Å². The maximum absolute atomic E-state index is 12.3. The van der Waals surface area contributed by atoms with Crippen LogP contribution >= 0.6 is 0 Å². The smallest absolute Gasteiger partial charge is 0.323 e. The number of rotatable bonds is 2. The first-order valence-electron chi connectivity index (χ1n) is 5.34. The molecule has 2 aromatic heterocycles. The van der Waals surface area contributed by atoms with E-state index in [4.69, 9.17) is 7.10 Å². The van der Waals surface area contributed by atoms with E-state index >= 15 is 0 Å². The highest BCUT2D eigenvalue weighted by Crippen LogP contribution is 2.22. The Labute approximate surface area is 96.6 Å². The number of hydrogen-bond acceptors (Lipinski definition) is 3. The molecule has 0 saturated heterocycles. The van der Waals surface area contributed by atoms with Gasteiger partial charge in [-0.15, -0.1) is 0 Å². The highest BCUT2D eigenvalue weighted by molar-refractivity contribution is 5.78. The van der Waals surface area contributed by atoms with E-state index < -0.39 is 18.7 Å². The molecule has 0 saturated carbocycles. The zero-order valence-electron chi connectivity index (χ0n) is 9.99. The molecule has 0 bridgehead atoms. The second-order valence-electron chi connectivity index (χ2n) is 3.73. The quantitative estimate of drug-likeness (QED) is 0.880. The van der Waals surface area contributed by atoms with Crippen LogP contribution in [0.4, 0.5) is 13.2 Å². The summed E-state index contributed by atoms with van der Waals surface area (Å²) >= 11 is 0. The van der Waals surface area contributed by atoms with Gasteiger partial charge in [0.05, 0.1) is 25.0 Å². The Balaban J connectivity index is 2.44. The fourth-order valence-electron chi connectivity index (χ4n) is 1.49. The first-order chi connectivity index (χ1) is 8.17. The summed E-state index contributed by atoms with van der Waals surface area (Å²) in [6.07, 6.45) is -1.78. The van der Waals surface area contributed by atoms with Gasteiger partial charge in [-0.1, -0.05) is 0 Å². The molecule has 2 rings (SSSR count). The Morgan fingerprint density at radius 3 is 2.82 bits per heavy atom. The molecule has 7 heteroatoms. The van der Waals surface area contributed by atoms with E-state index in [1.165, 1.54) is 25.4 Å². The van der Waals surface area contributed by atoms with E-state index in [0.29, 0.717) is 5.39 Å². The van der Waals surface area contributed by atoms with E-state index in [1.807, 2.05) is 0 Å². The second-order valence-corrected chi connectivity index (χ2v) is 3.73. The van der Waals surface area contributed by atoms with Crippen molar-refractivity contribution in [1.82, 2.24) is 14.8 Å². The molecule has 2 aromatic rings. The van der Waals surface area contributed by atoms with E-state index in [-0.39, 0.29) is 11.2 Å². The van der Waals surface area contributed by atoms with E-state index in [9.17, 15) is 13.2 Å². The standard InChI is InChI=1S/C10H11F3N4/c1-6(14)8-2-7-3-16-17(5-10(11,12)13)9(7)4-15-8/h2-4,6H,5,14H2,1H3/i6D. The lowest BCUT2D eigenvalue weighted by Crippen LogP contribution is -2.18. The van der Waals surface area contributed by atoms with Crippen molar-refractivity contribution in [1.29, 1.82) is 0 Å². The second kappa shape index (κ2) is 3.99. The van der Waals surface area contributed by atoms with Crippen molar-refractivity contribution in [3.63, 3.8) is 0 Å². The maximum atomic E-state index is 12.3. The topological polar surface area (TPSA) is 56.7 Å². The number of alkyl halides is 3. The van der Waals surface area contributed by atoms with Crippen LogP contribution in [0.3, 0.4) is 0 Å². The summed E-state index contributed by atoms with van der Waals surface area (Å²) in [5, 5.41) is 4.14. The Morgan fingerprint density at radius 2 is 2.24 bits per heavy atom. The molecule has 4 nitrogen and oxygen atoms in total. The molecule has 0 aliphatic heterocycles. The predicted octanol–water partition coefficient (Wildman–Crippen LogP) is 2.01. The van der Waals surface area contributed by atoms with Crippen molar-refractivity contribution in [2.45, 2.75) is 25.7 Å². The number of hydrogen-bond donors (Lipinski definition) is 1. The summed E-state index contributed by atoms with van der Waals surface area (Å²) in [4.78, 5) is 3.90. The van der Waals surface area contributed by atoms with Gasteiger partial charge in [-0.2, -0.15) is 18.3 Å². The summed E-state index contributed by atoms with van der Waals surface area (Å²) in [6, 6.07) is 0.0858. The van der Waals surface area contributed by atoms with Gasteiger partial charge >= 0.3 is 6.18 Å². The largest absolute Gasteiger partial charge is 0.408 e. The number of fused-ring (bicyclic) bond motifs is 1. The minimum atomic E-state index is -4.34. The highest BCUT2D eigenvalue weighted by Gasteiger charge is 2.29. The van der Waals surface area contributed by atoms with Crippen LogP contribution in [0.1, 0.15) is 20.0 Å². The summed E-state index contributed by atoms with van der Waals surface area (Å²) in [5.74, 6) is 0. The van der Waals surface area contributed by atoms with Gasteiger partial charge in [0.15, 0.2) is 0 Å². The minimum absolute atomic E-state index is 0.264. The Hall–Kier alpha value is -1.63. The third kappa shape index (κ3) is 2.55. The van der Waals surface area contributed by atoms with Crippen molar-refractivity contribution in [3.05, 3.63) is 24.2 Å². The summed E-state index contributed by atoms with van der Waals surface area (Å²) < 4.78 is 45.3. The summed E-state index contributed by atoms with van der Waals surface area (Å²) in [6.45, 7) is 0.277. The third-order valence-electron chi connectivity index (χ3n) is 2.26. The molecule has 1 atom stereocenters. The van der Waals surface area contributed by atoms with Gasteiger partial charge in [0, 0.05) is 11.4 Å². The van der Waals surface area contributed by atoms with Crippen LogP contribution in [-0.4, -0.2) is 20.9 Å². The van der Waals surface area contributed by atoms with Crippen LogP contribution < -0.4 is 5.73 Å². The molecule has 0 fully saturated rings. The lowest BCUT2D eigenvalue weighted by Gasteiger charge is -2.08. The van der Waals surface area contributed by atoms with E-state index in [0.717, 1.165) is 4.68 Å². The molecule has 17 heavy (non-hydrogen) atoms. The van der Waals surface area contributed by atoms with Crippen molar-refractivity contribution >= 4 is 10.9 Å². The molecule has 1 unspecified atom stereocenters. The van der Waals surface area contributed by atoms with E-state index in [2.05, 4.69) is 10.1 Å². The first-order valence-corrected chi connectivity index (χ1v) is 4.84. The van der Waals surface area contributed by atoms with Gasteiger partial charge in [0.1, 0.15) is 6.54 Å². The normalized spacial score (nSPS) is 16.9. The molecule has 92 valence electrons. The number of nitrogens with two attached hydrogens (primary N) is 1. The Kier molecular flexibility index (Phi) is 2.47. The van der Waals surface area contributed by atoms with Crippen molar-refractivity contribution in [3.8, 4) is 0 Å². The van der Waals surface area contributed by atoms with Gasteiger partial charge in [0.2, 0.25) is 0 Å². The Bertz CT molecular complexity index is 570. The zero-order valence-corrected chi connectivity index (χ0v) is 8.99. The average Bonchev–Trinajstić information content (AvgIpc) is 2.57. The minimum Gasteiger partial charge on any atom is -0.323 e. The lowest BCUT2D eigenvalue weighted by molar-refractivity contribution is -0.141. The summed E-state index contributed by atoms with van der Waals surface area (Å²) in [5.41, 5.74) is 6.10. The molecule has 0 amide bonds. The van der Waals surface area contributed by atoms with Crippen molar-refractivity contribution < 1.29 is 14.5 Å². The monoisotopic (exact) mass is 245 g/mol. The molecular formula is C10H11F3N4. The first kappa shape index (κ1) is 10.5. The van der Waals surface area contributed by atoms with Gasteiger partial charge in [-0.05, 0) is 13.0 Å². The molecule has 2 N–H and O–H groups in total. The molecule has 0 radical (unpaired) electrons. The third-order valence-corrected chi connectivity index (χ3v) is 2.26. The van der Waals surface area contributed by atoms with E-state index in [1.54, 1.807) is 0 Å². The molecule has 0 aliphatic carbocycles. The number of halogens is 3. The number of pyridine rings is 1. The molecule has 0 aromatic carbocycles. The molecule has 0 spiro atoms. The van der Waals surface area contributed by atoms with Crippen molar-refractivity contribution in [2.75, 3.05) is 0 Å². The van der Waals surface area contributed by atoms with Crippen LogP contribution in [0.15, 0.2) is 18.5 Å². The zero-order chi connectivity index (χ0) is 13.6. The Morgan fingerprint density at radius 1 is 1.53 bits per heavy atom. The fraction of sp³-hybridized carbons (Fsp3) is 0.400. The molecule has 2 heterocycles. The van der Waals surface area contributed by atoms with Gasteiger partial charge in [0.25, 0.3) is 0 Å². The average molecular weight is 245 g/mol. The summed E-state index contributed by atoms with van der Waals surface area (Å²) in [7, 11) is 0. The van der Waals surface area contributed by atoms with Crippen LogP contribution in [0.5, 0.6) is 0 Å². The van der Waals surface area contributed by atoms with Crippen LogP contribution in [0.2, 0.25) is 0 Å².